The number of rotatable bonds is 7. The molecular formula is C21H20N4O5S. The molecule has 3 heterocycles. The molecule has 4 rings (SSSR count). The summed E-state index contributed by atoms with van der Waals surface area (Å²) in [6.07, 6.45) is 1.53. The van der Waals surface area contributed by atoms with E-state index >= 15 is 0 Å². The molecule has 0 aliphatic rings. The molecule has 31 heavy (non-hydrogen) atoms. The van der Waals surface area contributed by atoms with Crippen LogP contribution in [0.5, 0.6) is 11.5 Å². The number of aryl methyl sites for hydroxylation is 1. The first-order valence-electron chi connectivity index (χ1n) is 9.40. The Morgan fingerprint density at radius 1 is 1.23 bits per heavy atom. The highest BCUT2D eigenvalue weighted by Gasteiger charge is 2.19. The number of nitrogens with zero attached hydrogens (tertiary/aromatic N) is 3. The summed E-state index contributed by atoms with van der Waals surface area (Å²) in [7, 11) is 3.10. The normalized spacial score (nSPS) is 10.9. The van der Waals surface area contributed by atoms with Crippen LogP contribution in [0.4, 0.5) is 0 Å². The van der Waals surface area contributed by atoms with E-state index in [0.717, 1.165) is 15.3 Å². The molecule has 0 unspecified atom stereocenters. The quantitative estimate of drug-likeness (QED) is 0.471. The molecule has 1 aromatic carbocycles. The van der Waals surface area contributed by atoms with Crippen LogP contribution in [-0.4, -0.2) is 34.9 Å². The second-order valence-electron chi connectivity index (χ2n) is 6.65. The predicted octanol–water partition coefficient (Wildman–Crippen LogP) is 2.76. The molecule has 0 saturated heterocycles. The number of carbonyl (C=O) groups excluding carboxylic acids is 1. The zero-order valence-electron chi connectivity index (χ0n) is 17.2. The van der Waals surface area contributed by atoms with Crippen molar-refractivity contribution < 1.29 is 18.7 Å². The van der Waals surface area contributed by atoms with E-state index in [4.69, 9.17) is 13.9 Å². The van der Waals surface area contributed by atoms with Crippen molar-refractivity contribution in [1.82, 2.24) is 20.1 Å². The minimum absolute atomic E-state index is 0.223. The summed E-state index contributed by atoms with van der Waals surface area (Å²) in [4.78, 5) is 29.7. The molecule has 0 bridgehead atoms. The Labute approximate surface area is 181 Å². The summed E-state index contributed by atoms with van der Waals surface area (Å²) in [5, 5.41) is 7.95. The summed E-state index contributed by atoms with van der Waals surface area (Å²) >= 11 is 1.38. The van der Waals surface area contributed by atoms with Gasteiger partial charge in [0, 0.05) is 5.56 Å². The van der Waals surface area contributed by atoms with Gasteiger partial charge in [0.1, 0.15) is 18.0 Å². The fourth-order valence-corrected chi connectivity index (χ4v) is 4.05. The van der Waals surface area contributed by atoms with E-state index in [1.807, 2.05) is 13.0 Å². The Bertz CT molecular complexity index is 1290. The van der Waals surface area contributed by atoms with Gasteiger partial charge in [-0.15, -0.1) is 11.3 Å². The number of hydrogen-bond acceptors (Lipinski definition) is 8. The average molecular weight is 440 g/mol. The van der Waals surface area contributed by atoms with Crippen LogP contribution in [-0.2, 0) is 17.9 Å². The number of amides is 1. The summed E-state index contributed by atoms with van der Waals surface area (Å²) in [6.45, 7) is 1.80. The number of thiazole rings is 1. The molecule has 1 amide bonds. The fourth-order valence-electron chi connectivity index (χ4n) is 3.14. The second-order valence-corrected chi connectivity index (χ2v) is 7.85. The van der Waals surface area contributed by atoms with Crippen LogP contribution in [0.25, 0.3) is 21.5 Å². The van der Waals surface area contributed by atoms with E-state index in [-0.39, 0.29) is 24.5 Å². The Kier molecular flexibility index (Phi) is 5.72. The lowest BCUT2D eigenvalue weighted by Crippen LogP contribution is -2.33. The van der Waals surface area contributed by atoms with Crippen LogP contribution in [0.2, 0.25) is 0 Å². The van der Waals surface area contributed by atoms with Crippen molar-refractivity contribution in [2.24, 2.45) is 0 Å². The molecule has 9 nitrogen and oxygen atoms in total. The zero-order chi connectivity index (χ0) is 22.0. The summed E-state index contributed by atoms with van der Waals surface area (Å²) in [5.74, 6) is 1.36. The van der Waals surface area contributed by atoms with Gasteiger partial charge in [-0.05, 0) is 37.3 Å². The minimum Gasteiger partial charge on any atom is -0.493 e. The van der Waals surface area contributed by atoms with Gasteiger partial charge in [0.2, 0.25) is 5.91 Å². The Morgan fingerprint density at radius 3 is 2.74 bits per heavy atom. The van der Waals surface area contributed by atoms with E-state index in [9.17, 15) is 9.59 Å². The highest BCUT2D eigenvalue weighted by atomic mass is 32.1. The molecule has 10 heteroatoms. The van der Waals surface area contributed by atoms with Gasteiger partial charge in [0.05, 0.1) is 36.7 Å². The smallest absolute Gasteiger partial charge is 0.294 e. The Hall–Kier alpha value is -3.66. The molecule has 0 fully saturated rings. The fraction of sp³-hybridized carbons (Fsp3) is 0.238. The molecule has 160 valence electrons. The monoisotopic (exact) mass is 440 g/mol. The number of hydrogen-bond donors (Lipinski definition) is 1. The van der Waals surface area contributed by atoms with Gasteiger partial charge in [-0.3, -0.25) is 9.59 Å². The maximum atomic E-state index is 12.9. The van der Waals surface area contributed by atoms with Gasteiger partial charge in [-0.25, -0.2) is 9.67 Å². The minimum atomic E-state index is -0.420. The predicted molar refractivity (Wildman–Crippen MR) is 116 cm³/mol. The van der Waals surface area contributed by atoms with Crippen LogP contribution in [0.3, 0.4) is 0 Å². The van der Waals surface area contributed by atoms with Crippen LogP contribution in [0.1, 0.15) is 10.8 Å². The maximum absolute atomic E-state index is 12.9. The van der Waals surface area contributed by atoms with Gasteiger partial charge in [0.25, 0.3) is 5.56 Å². The largest absolute Gasteiger partial charge is 0.493 e. The van der Waals surface area contributed by atoms with Crippen molar-refractivity contribution in [2.75, 3.05) is 14.2 Å². The van der Waals surface area contributed by atoms with Gasteiger partial charge in [-0.2, -0.15) is 5.10 Å². The second kappa shape index (κ2) is 8.60. The average Bonchev–Trinajstić information content (AvgIpc) is 3.43. The van der Waals surface area contributed by atoms with E-state index in [2.05, 4.69) is 15.4 Å². The van der Waals surface area contributed by atoms with Gasteiger partial charge < -0.3 is 19.2 Å². The van der Waals surface area contributed by atoms with Gasteiger partial charge in [-0.1, -0.05) is 0 Å². The summed E-state index contributed by atoms with van der Waals surface area (Å²) < 4.78 is 17.7. The maximum Gasteiger partial charge on any atom is 0.294 e. The topological polar surface area (TPSA) is 108 Å². The number of furan rings is 1. The van der Waals surface area contributed by atoms with Gasteiger partial charge in [0.15, 0.2) is 17.0 Å². The summed E-state index contributed by atoms with van der Waals surface area (Å²) in [5.41, 5.74) is 1.12. The standard InChI is InChI=1S/C21H20N4O5S/c1-12-23-19-20(31-12)18(13-6-7-15(28-2)16(9-13)29-3)24-25(21(19)27)11-17(26)22-10-14-5-4-8-30-14/h4-9H,10-11H2,1-3H3,(H,22,26). The van der Waals surface area contributed by atoms with Crippen molar-refractivity contribution in [2.45, 2.75) is 20.0 Å². The first-order chi connectivity index (χ1) is 15.0. The number of fused-ring (bicyclic) bond motifs is 1. The SMILES string of the molecule is COc1ccc(-c2nn(CC(=O)NCc3ccco3)c(=O)c3nc(C)sc23)cc1OC. The van der Waals surface area contributed by atoms with Crippen LogP contribution < -0.4 is 20.3 Å². The third kappa shape index (κ3) is 4.15. The lowest BCUT2D eigenvalue weighted by atomic mass is 10.1. The lowest BCUT2D eigenvalue weighted by Gasteiger charge is -2.11. The van der Waals surface area contributed by atoms with Crippen molar-refractivity contribution in [3.63, 3.8) is 0 Å². The lowest BCUT2D eigenvalue weighted by molar-refractivity contribution is -0.122. The number of carbonyl (C=O) groups is 1. The summed E-state index contributed by atoms with van der Waals surface area (Å²) in [6, 6.07) is 8.86. The van der Waals surface area contributed by atoms with Gasteiger partial charge >= 0.3 is 0 Å². The molecule has 0 spiro atoms. The number of nitrogens with one attached hydrogen (secondary N) is 1. The van der Waals surface area contributed by atoms with Crippen LogP contribution >= 0.6 is 11.3 Å². The molecule has 4 aromatic rings. The van der Waals surface area contributed by atoms with Crippen molar-refractivity contribution in [3.8, 4) is 22.8 Å². The molecule has 1 N–H and O–H groups in total. The molecule has 0 aliphatic carbocycles. The first-order valence-corrected chi connectivity index (χ1v) is 10.2. The number of benzene rings is 1. The number of methoxy groups -OCH3 is 2. The van der Waals surface area contributed by atoms with E-state index in [1.54, 1.807) is 38.5 Å². The third-order valence-electron chi connectivity index (χ3n) is 4.60. The first kappa shape index (κ1) is 20.6. The molecule has 0 aliphatic heterocycles. The van der Waals surface area contributed by atoms with Crippen molar-refractivity contribution in [3.05, 3.63) is 57.7 Å². The van der Waals surface area contributed by atoms with Crippen molar-refractivity contribution >= 4 is 27.5 Å². The zero-order valence-corrected chi connectivity index (χ0v) is 18.0. The molecule has 0 radical (unpaired) electrons. The number of aromatic nitrogens is 3. The molecular weight excluding hydrogens is 420 g/mol. The highest BCUT2D eigenvalue weighted by Crippen LogP contribution is 2.35. The Balaban J connectivity index is 1.73. The van der Waals surface area contributed by atoms with E-state index in [1.165, 1.54) is 17.6 Å². The molecule has 3 aromatic heterocycles. The third-order valence-corrected chi connectivity index (χ3v) is 5.57. The molecule has 0 atom stereocenters. The number of ether oxygens (including phenoxy) is 2. The van der Waals surface area contributed by atoms with Crippen molar-refractivity contribution in [1.29, 1.82) is 0 Å². The van der Waals surface area contributed by atoms with E-state index in [0.29, 0.717) is 27.7 Å². The van der Waals surface area contributed by atoms with Crippen LogP contribution in [0.15, 0.2) is 45.8 Å². The highest BCUT2D eigenvalue weighted by molar-refractivity contribution is 7.19. The van der Waals surface area contributed by atoms with Crippen LogP contribution in [0, 0.1) is 6.92 Å². The molecule has 0 saturated carbocycles. The Morgan fingerprint density at radius 2 is 2.03 bits per heavy atom. The van der Waals surface area contributed by atoms with E-state index < -0.39 is 5.56 Å².